The van der Waals surface area contributed by atoms with E-state index in [1.54, 1.807) is 0 Å². The second-order valence-electron chi connectivity index (χ2n) is 7.27. The van der Waals surface area contributed by atoms with Crippen LogP contribution in [0.15, 0.2) is 30.3 Å². The van der Waals surface area contributed by atoms with Crippen molar-refractivity contribution in [2.45, 2.75) is 71.6 Å². The summed E-state index contributed by atoms with van der Waals surface area (Å²) in [7, 11) is 0. The number of nitrogens with one attached hydrogen (secondary N) is 1. The van der Waals surface area contributed by atoms with Crippen LogP contribution < -0.4 is 5.32 Å². The molecule has 1 aromatic carbocycles. The molecule has 0 fully saturated rings. The van der Waals surface area contributed by atoms with E-state index in [4.69, 9.17) is 9.47 Å². The summed E-state index contributed by atoms with van der Waals surface area (Å²) in [6.07, 6.45) is 1.85. The van der Waals surface area contributed by atoms with Gasteiger partial charge in [0.2, 0.25) is 0 Å². The van der Waals surface area contributed by atoms with E-state index < -0.39 is 11.7 Å². The molecule has 1 amide bonds. The molecule has 1 unspecified atom stereocenters. The van der Waals surface area contributed by atoms with Gasteiger partial charge in [0.25, 0.3) is 0 Å². The maximum absolute atomic E-state index is 11.9. The van der Waals surface area contributed by atoms with E-state index >= 15 is 0 Å². The minimum atomic E-state index is -0.515. The second kappa shape index (κ2) is 10.9. The Morgan fingerprint density at radius 2 is 1.80 bits per heavy atom. The molecule has 0 spiro atoms. The Morgan fingerprint density at radius 3 is 2.44 bits per heavy atom. The molecular weight excluding hydrogens is 318 g/mol. The van der Waals surface area contributed by atoms with Crippen molar-refractivity contribution in [2.75, 3.05) is 6.61 Å². The van der Waals surface area contributed by atoms with E-state index in [0.717, 1.165) is 12.0 Å². The van der Waals surface area contributed by atoms with Gasteiger partial charge in [0.05, 0.1) is 6.61 Å². The highest BCUT2D eigenvalue weighted by Gasteiger charge is 2.17. The number of ketones is 1. The first kappa shape index (κ1) is 21.2. The monoisotopic (exact) mass is 349 g/mol. The molecule has 0 aliphatic heterocycles. The van der Waals surface area contributed by atoms with Crippen molar-refractivity contribution in [3.63, 3.8) is 0 Å². The van der Waals surface area contributed by atoms with Crippen LogP contribution in [0.4, 0.5) is 4.79 Å². The molecule has 0 saturated carbocycles. The number of ether oxygens (including phenoxy) is 2. The first-order valence-corrected chi connectivity index (χ1v) is 8.89. The van der Waals surface area contributed by atoms with E-state index in [1.165, 1.54) is 0 Å². The summed E-state index contributed by atoms with van der Waals surface area (Å²) in [4.78, 5) is 23.5. The third-order valence-electron chi connectivity index (χ3n) is 3.48. The summed E-state index contributed by atoms with van der Waals surface area (Å²) in [5.74, 6) is 0.196. The zero-order valence-electron chi connectivity index (χ0n) is 15.8. The number of rotatable bonds is 10. The summed E-state index contributed by atoms with van der Waals surface area (Å²) in [5, 5.41) is 2.75. The molecule has 0 aliphatic rings. The molecule has 0 aromatic heterocycles. The van der Waals surface area contributed by atoms with Crippen LogP contribution >= 0.6 is 0 Å². The quantitative estimate of drug-likeness (QED) is 0.642. The van der Waals surface area contributed by atoms with Gasteiger partial charge in [-0.25, -0.2) is 4.79 Å². The van der Waals surface area contributed by atoms with Gasteiger partial charge >= 0.3 is 6.09 Å². The third-order valence-corrected chi connectivity index (χ3v) is 3.48. The maximum Gasteiger partial charge on any atom is 0.407 e. The molecule has 1 atom stereocenters. The molecule has 0 aliphatic carbocycles. The molecular formula is C20H31NO4. The molecule has 5 heteroatoms. The number of hydrogen-bond acceptors (Lipinski definition) is 4. The van der Waals surface area contributed by atoms with Crippen LogP contribution in [0.2, 0.25) is 0 Å². The number of amides is 1. The van der Waals surface area contributed by atoms with Crippen molar-refractivity contribution < 1.29 is 19.1 Å². The third kappa shape index (κ3) is 11.3. The van der Waals surface area contributed by atoms with Crippen LogP contribution in [0.5, 0.6) is 0 Å². The lowest BCUT2D eigenvalue weighted by atomic mass is 10.1. The zero-order valence-corrected chi connectivity index (χ0v) is 15.8. The second-order valence-corrected chi connectivity index (χ2v) is 7.27. The zero-order chi connectivity index (χ0) is 18.7. The fourth-order valence-electron chi connectivity index (χ4n) is 2.22. The van der Waals surface area contributed by atoms with Crippen LogP contribution in [0.3, 0.4) is 0 Å². The molecule has 0 saturated heterocycles. The Labute approximate surface area is 151 Å². The molecule has 0 heterocycles. The van der Waals surface area contributed by atoms with Gasteiger partial charge in [-0.15, -0.1) is 0 Å². The number of alkyl carbamates (subject to hydrolysis) is 1. The fraction of sp³-hybridized carbons (Fsp3) is 0.600. The average molecular weight is 349 g/mol. The Hall–Kier alpha value is -1.88. The Morgan fingerprint density at radius 1 is 1.12 bits per heavy atom. The predicted molar refractivity (Wildman–Crippen MR) is 98.4 cm³/mol. The number of Topliss-reactive ketones (excluding diaryl/α,β-unsaturated/α-hetero) is 1. The minimum Gasteiger partial charge on any atom is -0.444 e. The van der Waals surface area contributed by atoms with Gasteiger partial charge in [0.15, 0.2) is 0 Å². The number of carbonyl (C=O) groups is 2. The highest BCUT2D eigenvalue weighted by molar-refractivity contribution is 5.78. The highest BCUT2D eigenvalue weighted by Crippen LogP contribution is 2.08. The molecule has 1 aromatic rings. The summed E-state index contributed by atoms with van der Waals surface area (Å²) in [6.45, 7) is 8.49. The van der Waals surface area contributed by atoms with Gasteiger partial charge in [0, 0.05) is 25.5 Å². The molecule has 25 heavy (non-hydrogen) atoms. The number of hydrogen-bond donors (Lipinski definition) is 1. The Kier molecular flexibility index (Phi) is 9.21. The molecule has 1 rings (SSSR count). The van der Waals surface area contributed by atoms with Crippen molar-refractivity contribution in [3.8, 4) is 0 Å². The van der Waals surface area contributed by atoms with E-state index in [-0.39, 0.29) is 11.8 Å². The van der Waals surface area contributed by atoms with Gasteiger partial charge < -0.3 is 14.8 Å². The van der Waals surface area contributed by atoms with Gasteiger partial charge in [-0.1, -0.05) is 30.3 Å². The first-order valence-electron chi connectivity index (χ1n) is 8.89. The Balaban J connectivity index is 2.07. The molecule has 5 nitrogen and oxygen atoms in total. The standard InChI is InChI=1S/C20H31NO4/c1-16(21-19(23)25-20(2,3)4)12-13-18(22)11-8-14-24-15-17-9-6-5-7-10-17/h5-7,9-10,16H,8,11-15H2,1-4H3,(H,21,23). The molecule has 1 N–H and O–H groups in total. The van der Waals surface area contributed by atoms with Crippen molar-refractivity contribution in [1.29, 1.82) is 0 Å². The summed E-state index contributed by atoms with van der Waals surface area (Å²) < 4.78 is 10.8. The lowest BCUT2D eigenvalue weighted by Gasteiger charge is -2.21. The van der Waals surface area contributed by atoms with Crippen molar-refractivity contribution in [3.05, 3.63) is 35.9 Å². The fourth-order valence-corrected chi connectivity index (χ4v) is 2.22. The van der Waals surface area contributed by atoms with Gasteiger partial charge in [0.1, 0.15) is 11.4 Å². The smallest absolute Gasteiger partial charge is 0.407 e. The van der Waals surface area contributed by atoms with E-state index in [9.17, 15) is 9.59 Å². The van der Waals surface area contributed by atoms with Gasteiger partial charge in [-0.05, 0) is 46.1 Å². The highest BCUT2D eigenvalue weighted by atomic mass is 16.6. The van der Waals surface area contributed by atoms with Crippen LogP contribution in [0, 0.1) is 0 Å². The minimum absolute atomic E-state index is 0.0897. The van der Waals surface area contributed by atoms with Crippen LogP contribution in [-0.4, -0.2) is 30.1 Å². The average Bonchev–Trinajstić information content (AvgIpc) is 2.51. The van der Waals surface area contributed by atoms with E-state index in [1.807, 2.05) is 58.0 Å². The van der Waals surface area contributed by atoms with Crippen molar-refractivity contribution in [1.82, 2.24) is 5.32 Å². The Bertz CT molecular complexity index is 522. The number of carbonyl (C=O) groups excluding carboxylic acids is 2. The van der Waals surface area contributed by atoms with Crippen LogP contribution in [0.25, 0.3) is 0 Å². The lowest BCUT2D eigenvalue weighted by Crippen LogP contribution is -2.37. The largest absolute Gasteiger partial charge is 0.444 e. The van der Waals surface area contributed by atoms with Gasteiger partial charge in [-0.3, -0.25) is 4.79 Å². The topological polar surface area (TPSA) is 64.6 Å². The van der Waals surface area contributed by atoms with E-state index in [0.29, 0.717) is 32.5 Å². The van der Waals surface area contributed by atoms with Crippen molar-refractivity contribution in [2.24, 2.45) is 0 Å². The maximum atomic E-state index is 11.9. The summed E-state index contributed by atoms with van der Waals surface area (Å²) in [5.41, 5.74) is 0.621. The molecule has 0 bridgehead atoms. The van der Waals surface area contributed by atoms with E-state index in [2.05, 4.69) is 5.32 Å². The summed E-state index contributed by atoms with van der Waals surface area (Å²) >= 11 is 0. The summed E-state index contributed by atoms with van der Waals surface area (Å²) in [6, 6.07) is 9.88. The SMILES string of the molecule is CC(CCC(=O)CCCOCc1ccccc1)NC(=O)OC(C)(C)C. The van der Waals surface area contributed by atoms with Crippen molar-refractivity contribution >= 4 is 11.9 Å². The first-order chi connectivity index (χ1) is 11.8. The van der Waals surface area contributed by atoms with Crippen LogP contribution in [0.1, 0.15) is 58.9 Å². The van der Waals surface area contributed by atoms with Crippen LogP contribution in [-0.2, 0) is 20.9 Å². The molecule has 140 valence electrons. The normalized spacial score (nSPS) is 12.5. The predicted octanol–water partition coefficient (Wildman–Crippen LogP) is 4.25. The number of benzene rings is 1. The lowest BCUT2D eigenvalue weighted by molar-refractivity contribution is -0.119. The van der Waals surface area contributed by atoms with Gasteiger partial charge in [-0.2, -0.15) is 0 Å². The molecule has 0 radical (unpaired) electrons.